The van der Waals surface area contributed by atoms with Gasteiger partial charge < -0.3 is 0 Å². The number of hydrogen-bond donors (Lipinski definition) is 0. The third-order valence-corrected chi connectivity index (χ3v) is 4.88. The quantitative estimate of drug-likeness (QED) is 0.651. The first-order chi connectivity index (χ1) is 8.93. The van der Waals surface area contributed by atoms with Crippen molar-refractivity contribution in [1.82, 2.24) is 0 Å². The van der Waals surface area contributed by atoms with Crippen LogP contribution < -0.4 is 0 Å². The zero-order valence-corrected chi connectivity index (χ0v) is 11.4. The fourth-order valence-electron chi connectivity index (χ4n) is 3.70. The van der Waals surface area contributed by atoms with Crippen LogP contribution in [0.15, 0.2) is 12.1 Å². The van der Waals surface area contributed by atoms with Crippen molar-refractivity contribution in [3.8, 4) is 0 Å². The Balaban J connectivity index is 1.67. The summed E-state index contributed by atoms with van der Waals surface area (Å²) >= 11 is 0. The highest BCUT2D eigenvalue weighted by atomic mass is 14.2. The van der Waals surface area contributed by atoms with E-state index in [1.165, 1.54) is 75.3 Å². The zero-order chi connectivity index (χ0) is 12.2. The van der Waals surface area contributed by atoms with Gasteiger partial charge in [-0.15, -0.1) is 0 Å². The van der Waals surface area contributed by atoms with Gasteiger partial charge in [-0.05, 0) is 60.8 Å². The minimum absolute atomic E-state index is 0.749. The molecule has 0 heterocycles. The van der Waals surface area contributed by atoms with Crippen LogP contribution in [-0.2, 0) is 0 Å². The van der Waals surface area contributed by atoms with Crippen LogP contribution in [0, 0.1) is 12.1 Å². The van der Waals surface area contributed by atoms with Crippen LogP contribution in [-0.4, -0.2) is 0 Å². The molecule has 1 aromatic carbocycles. The molecule has 2 aliphatic carbocycles. The molecule has 2 fully saturated rings. The topological polar surface area (TPSA) is 0 Å². The van der Waals surface area contributed by atoms with Crippen LogP contribution in [0.1, 0.15) is 87.2 Å². The van der Waals surface area contributed by atoms with E-state index in [9.17, 15) is 0 Å². The van der Waals surface area contributed by atoms with Gasteiger partial charge in [-0.3, -0.25) is 0 Å². The molecule has 2 radical (unpaired) electrons. The highest BCUT2D eigenvalue weighted by Crippen LogP contribution is 2.35. The van der Waals surface area contributed by atoms with E-state index in [0.29, 0.717) is 0 Å². The molecule has 0 N–H and O–H groups in total. The number of hydrogen-bond acceptors (Lipinski definition) is 0. The van der Waals surface area contributed by atoms with Crippen molar-refractivity contribution in [1.29, 1.82) is 0 Å². The molecule has 0 aliphatic heterocycles. The van der Waals surface area contributed by atoms with Crippen LogP contribution >= 0.6 is 0 Å². The Morgan fingerprint density at radius 2 is 1.17 bits per heavy atom. The van der Waals surface area contributed by atoms with Crippen LogP contribution in [0.4, 0.5) is 0 Å². The van der Waals surface area contributed by atoms with Gasteiger partial charge in [-0.2, -0.15) is 0 Å². The highest BCUT2D eigenvalue weighted by Gasteiger charge is 2.18. The maximum Gasteiger partial charge on any atom is -0.0137 e. The van der Waals surface area contributed by atoms with Crippen molar-refractivity contribution in [2.45, 2.75) is 76.0 Å². The third kappa shape index (κ3) is 2.79. The fraction of sp³-hybridized carbons (Fsp3) is 0.667. The summed E-state index contributed by atoms with van der Waals surface area (Å²) in [6.45, 7) is 0. The fourth-order valence-corrected chi connectivity index (χ4v) is 3.70. The minimum atomic E-state index is 0.749. The number of rotatable bonds is 2. The molecule has 0 spiro atoms. The van der Waals surface area contributed by atoms with Crippen molar-refractivity contribution in [3.05, 3.63) is 35.4 Å². The van der Waals surface area contributed by atoms with Crippen molar-refractivity contribution < 1.29 is 0 Å². The minimum Gasteiger partial charge on any atom is -0.0533 e. The molecule has 0 unspecified atom stereocenters. The van der Waals surface area contributed by atoms with Gasteiger partial charge >= 0.3 is 0 Å². The average Bonchev–Trinajstić information content (AvgIpc) is 2.49. The van der Waals surface area contributed by atoms with Crippen molar-refractivity contribution in [2.75, 3.05) is 0 Å². The second-order valence-electron chi connectivity index (χ2n) is 6.16. The molecule has 0 amide bonds. The lowest BCUT2D eigenvalue weighted by atomic mass is 9.81. The summed E-state index contributed by atoms with van der Waals surface area (Å²) in [6.07, 6.45) is 14.0. The summed E-state index contributed by atoms with van der Waals surface area (Å²) in [7, 11) is 0. The predicted octanol–water partition coefficient (Wildman–Crippen LogP) is 5.38. The Morgan fingerprint density at radius 1 is 0.667 bits per heavy atom. The summed E-state index contributed by atoms with van der Waals surface area (Å²) < 4.78 is 0. The normalized spacial score (nSPS) is 23.1. The largest absolute Gasteiger partial charge is 0.0533 e. The van der Waals surface area contributed by atoms with Gasteiger partial charge in [0.15, 0.2) is 0 Å². The SMILES string of the molecule is [c]1cc(C2CCCCC2)c[c]c1C1CCCCC1. The Morgan fingerprint density at radius 3 is 1.72 bits per heavy atom. The maximum absolute atomic E-state index is 3.55. The molecule has 18 heavy (non-hydrogen) atoms. The summed E-state index contributed by atoms with van der Waals surface area (Å²) in [4.78, 5) is 0. The molecule has 96 valence electrons. The first kappa shape index (κ1) is 12.3. The molecule has 0 bridgehead atoms. The molecular formula is C18H24. The van der Waals surface area contributed by atoms with E-state index < -0.39 is 0 Å². The van der Waals surface area contributed by atoms with Gasteiger partial charge in [-0.25, -0.2) is 0 Å². The second kappa shape index (κ2) is 5.91. The van der Waals surface area contributed by atoms with Crippen molar-refractivity contribution in [3.63, 3.8) is 0 Å². The molecule has 2 aliphatic rings. The van der Waals surface area contributed by atoms with Crippen molar-refractivity contribution >= 4 is 0 Å². The van der Waals surface area contributed by atoms with Crippen LogP contribution in [0.5, 0.6) is 0 Å². The second-order valence-corrected chi connectivity index (χ2v) is 6.16. The molecule has 0 nitrogen and oxygen atoms in total. The molecule has 2 saturated carbocycles. The van der Waals surface area contributed by atoms with E-state index in [2.05, 4.69) is 24.3 Å². The van der Waals surface area contributed by atoms with E-state index in [0.717, 1.165) is 11.8 Å². The predicted molar refractivity (Wildman–Crippen MR) is 75.8 cm³/mol. The Labute approximate surface area is 112 Å². The van der Waals surface area contributed by atoms with Gasteiger partial charge in [0.05, 0.1) is 0 Å². The Bertz CT molecular complexity index is 313. The first-order valence-corrected chi connectivity index (χ1v) is 7.87. The molecule has 3 rings (SSSR count). The lowest BCUT2D eigenvalue weighted by Gasteiger charge is -2.24. The maximum atomic E-state index is 3.55. The van der Waals surface area contributed by atoms with Gasteiger partial charge in [0.25, 0.3) is 0 Å². The lowest BCUT2D eigenvalue weighted by Crippen LogP contribution is -2.07. The summed E-state index contributed by atoms with van der Waals surface area (Å²) in [5, 5.41) is 0. The zero-order valence-electron chi connectivity index (χ0n) is 11.4. The van der Waals surface area contributed by atoms with E-state index in [1.54, 1.807) is 0 Å². The van der Waals surface area contributed by atoms with E-state index in [-0.39, 0.29) is 0 Å². The molecule has 0 atom stereocenters. The van der Waals surface area contributed by atoms with Gasteiger partial charge in [-0.1, -0.05) is 50.7 Å². The molecular weight excluding hydrogens is 216 g/mol. The summed E-state index contributed by atoms with van der Waals surface area (Å²) in [5.41, 5.74) is 2.85. The Kier molecular flexibility index (Phi) is 4.02. The third-order valence-electron chi connectivity index (χ3n) is 4.88. The van der Waals surface area contributed by atoms with Crippen LogP contribution in [0.2, 0.25) is 0 Å². The highest BCUT2D eigenvalue weighted by molar-refractivity contribution is 5.26. The van der Waals surface area contributed by atoms with Gasteiger partial charge in [0.1, 0.15) is 0 Å². The smallest absolute Gasteiger partial charge is 0.0137 e. The van der Waals surface area contributed by atoms with E-state index >= 15 is 0 Å². The monoisotopic (exact) mass is 240 g/mol. The van der Waals surface area contributed by atoms with Crippen molar-refractivity contribution in [2.24, 2.45) is 0 Å². The summed E-state index contributed by atoms with van der Waals surface area (Å²) in [5.74, 6) is 1.55. The molecule has 1 aromatic rings. The lowest BCUT2D eigenvalue weighted by molar-refractivity contribution is 0.438. The summed E-state index contributed by atoms with van der Waals surface area (Å²) in [6, 6.07) is 11.6. The first-order valence-electron chi connectivity index (χ1n) is 7.87. The van der Waals surface area contributed by atoms with Gasteiger partial charge in [0.2, 0.25) is 0 Å². The van der Waals surface area contributed by atoms with Gasteiger partial charge in [0, 0.05) is 0 Å². The number of benzene rings is 1. The molecule has 0 heteroatoms. The standard InChI is InChI=1S/C18H24/c1-3-7-15(8-4-1)17-11-13-18(14-12-17)16-9-5-2-6-10-16/h11-12,15-16H,1-10H2. The van der Waals surface area contributed by atoms with E-state index in [1.807, 2.05) is 0 Å². The molecule has 0 aromatic heterocycles. The average molecular weight is 240 g/mol. The Hall–Kier alpha value is -0.780. The van der Waals surface area contributed by atoms with E-state index in [4.69, 9.17) is 0 Å². The van der Waals surface area contributed by atoms with Crippen LogP contribution in [0.25, 0.3) is 0 Å². The molecule has 0 saturated heterocycles. The van der Waals surface area contributed by atoms with Crippen LogP contribution in [0.3, 0.4) is 0 Å².